The minimum Gasteiger partial charge on any atom is -0.508 e. The molecule has 2 rings (SSSR count). The quantitative estimate of drug-likeness (QED) is 0.316. The van der Waals surface area contributed by atoms with E-state index in [1.54, 1.807) is 36.4 Å². The Morgan fingerprint density at radius 2 is 1.07 bits per heavy atom. The molecule has 0 aliphatic carbocycles. The Kier molecular flexibility index (Phi) is 7.75. The molecule has 0 radical (unpaired) electrons. The third-order valence-corrected chi connectivity index (χ3v) is 3.83. The number of rotatable bonds is 7. The van der Waals surface area contributed by atoms with Crippen LogP contribution in [-0.2, 0) is 9.59 Å². The average Bonchev–Trinajstić information content (AvgIpc) is 2.75. The summed E-state index contributed by atoms with van der Waals surface area (Å²) in [6.07, 6.45) is 2.75. The Labute approximate surface area is 173 Å². The predicted molar refractivity (Wildman–Crippen MR) is 109 cm³/mol. The molecule has 2 aromatic rings. The zero-order valence-electron chi connectivity index (χ0n) is 15.8. The minimum absolute atomic E-state index is 0.0527. The Morgan fingerprint density at radius 1 is 0.733 bits per heavy atom. The first-order valence-electron chi connectivity index (χ1n) is 8.81. The minimum atomic E-state index is -0.611. The standard InChI is InChI=1S/C22H18N4O4/c23-13-17(11-15-1-5-19(27)6-2-15)21(29)25-9-10-26-22(30)18(14-24)12-16-3-7-20(28)8-4-16/h1-8,11-12,27-28H,9-10H2,(H,25,29)(H,26,30)/b17-11+,18-12+. The molecule has 150 valence electrons. The van der Waals surface area contributed by atoms with Crippen molar-refractivity contribution in [1.82, 2.24) is 10.6 Å². The molecule has 0 fully saturated rings. The van der Waals surface area contributed by atoms with Gasteiger partial charge in [0, 0.05) is 13.1 Å². The number of hydrogen-bond donors (Lipinski definition) is 4. The fraction of sp³-hybridized carbons (Fsp3) is 0.0909. The van der Waals surface area contributed by atoms with Crippen molar-refractivity contribution in [3.05, 3.63) is 70.8 Å². The zero-order valence-corrected chi connectivity index (χ0v) is 15.8. The second-order valence-electron chi connectivity index (χ2n) is 6.03. The fourth-order valence-corrected chi connectivity index (χ4v) is 2.31. The van der Waals surface area contributed by atoms with Gasteiger partial charge < -0.3 is 20.8 Å². The van der Waals surface area contributed by atoms with Gasteiger partial charge in [-0.2, -0.15) is 10.5 Å². The average molecular weight is 402 g/mol. The van der Waals surface area contributed by atoms with Crippen molar-refractivity contribution in [3.8, 4) is 23.6 Å². The van der Waals surface area contributed by atoms with Gasteiger partial charge in [-0.3, -0.25) is 9.59 Å². The lowest BCUT2D eigenvalue weighted by Gasteiger charge is -2.06. The van der Waals surface area contributed by atoms with Crippen LogP contribution in [0.1, 0.15) is 11.1 Å². The maximum atomic E-state index is 12.1. The molecule has 4 N–H and O–H groups in total. The van der Waals surface area contributed by atoms with Crippen LogP contribution in [0, 0.1) is 22.7 Å². The summed E-state index contributed by atoms with van der Waals surface area (Å²) in [5.41, 5.74) is 0.894. The summed E-state index contributed by atoms with van der Waals surface area (Å²) in [4.78, 5) is 24.2. The molecular weight excluding hydrogens is 384 g/mol. The summed E-state index contributed by atoms with van der Waals surface area (Å²) in [6, 6.07) is 15.6. The summed E-state index contributed by atoms with van der Waals surface area (Å²) in [5, 5.41) is 41.9. The molecule has 2 aromatic carbocycles. The highest BCUT2D eigenvalue weighted by molar-refractivity contribution is 6.02. The molecule has 0 aromatic heterocycles. The smallest absolute Gasteiger partial charge is 0.262 e. The highest BCUT2D eigenvalue weighted by atomic mass is 16.3. The summed E-state index contributed by atoms with van der Waals surface area (Å²) in [6.45, 7) is 0.105. The molecule has 0 heterocycles. The van der Waals surface area contributed by atoms with E-state index in [0.29, 0.717) is 11.1 Å². The van der Waals surface area contributed by atoms with Crippen LogP contribution in [0.5, 0.6) is 11.5 Å². The molecule has 8 nitrogen and oxygen atoms in total. The largest absolute Gasteiger partial charge is 0.508 e. The van der Waals surface area contributed by atoms with Crippen LogP contribution in [0.2, 0.25) is 0 Å². The van der Waals surface area contributed by atoms with E-state index in [0.717, 1.165) is 0 Å². The van der Waals surface area contributed by atoms with Gasteiger partial charge in [-0.05, 0) is 47.5 Å². The molecule has 0 aliphatic heterocycles. The van der Waals surface area contributed by atoms with Crippen molar-refractivity contribution in [2.45, 2.75) is 0 Å². The maximum Gasteiger partial charge on any atom is 0.262 e. The van der Waals surface area contributed by atoms with Gasteiger partial charge in [0.2, 0.25) is 0 Å². The number of hydrogen-bond acceptors (Lipinski definition) is 6. The number of phenols is 2. The van der Waals surface area contributed by atoms with Gasteiger partial charge in [-0.1, -0.05) is 24.3 Å². The fourth-order valence-electron chi connectivity index (χ4n) is 2.31. The lowest BCUT2D eigenvalue weighted by molar-refractivity contribution is -0.118. The molecule has 0 unspecified atom stereocenters. The highest BCUT2D eigenvalue weighted by Gasteiger charge is 2.11. The SMILES string of the molecule is N#C/C(=C\c1ccc(O)cc1)C(=O)NCCNC(=O)/C(C#N)=C/c1ccc(O)cc1. The molecule has 0 saturated heterocycles. The molecule has 30 heavy (non-hydrogen) atoms. The Balaban J connectivity index is 1.88. The van der Waals surface area contributed by atoms with Gasteiger partial charge in [0.15, 0.2) is 0 Å². The number of benzene rings is 2. The number of phenolic OH excluding ortho intramolecular Hbond substituents is 2. The van der Waals surface area contributed by atoms with Crippen LogP contribution in [0.15, 0.2) is 59.7 Å². The maximum absolute atomic E-state index is 12.1. The molecule has 0 spiro atoms. The van der Waals surface area contributed by atoms with E-state index in [2.05, 4.69) is 10.6 Å². The first kappa shape index (κ1) is 21.7. The molecule has 8 heteroatoms. The summed E-state index contributed by atoms with van der Waals surface area (Å²) >= 11 is 0. The van der Waals surface area contributed by atoms with Gasteiger partial charge in [-0.25, -0.2) is 0 Å². The molecule has 0 saturated carbocycles. The van der Waals surface area contributed by atoms with Crippen LogP contribution < -0.4 is 10.6 Å². The molecule has 0 bridgehead atoms. The summed E-state index contributed by atoms with van der Waals surface area (Å²) < 4.78 is 0. The highest BCUT2D eigenvalue weighted by Crippen LogP contribution is 2.13. The molecule has 0 atom stereocenters. The van der Waals surface area contributed by atoms with E-state index >= 15 is 0 Å². The van der Waals surface area contributed by atoms with Crippen molar-refractivity contribution in [1.29, 1.82) is 10.5 Å². The lowest BCUT2D eigenvalue weighted by atomic mass is 10.1. The van der Waals surface area contributed by atoms with Crippen molar-refractivity contribution in [2.24, 2.45) is 0 Å². The van der Waals surface area contributed by atoms with Gasteiger partial charge in [0.05, 0.1) is 0 Å². The number of amides is 2. The number of aromatic hydroxyl groups is 2. The Hall–Kier alpha value is -4.56. The Bertz CT molecular complexity index is 969. The van der Waals surface area contributed by atoms with Gasteiger partial charge in [0.1, 0.15) is 34.8 Å². The van der Waals surface area contributed by atoms with Crippen molar-refractivity contribution in [2.75, 3.05) is 13.1 Å². The van der Waals surface area contributed by atoms with Crippen LogP contribution in [0.3, 0.4) is 0 Å². The van der Waals surface area contributed by atoms with E-state index < -0.39 is 11.8 Å². The van der Waals surface area contributed by atoms with E-state index in [9.17, 15) is 19.8 Å². The van der Waals surface area contributed by atoms with Crippen LogP contribution >= 0.6 is 0 Å². The third-order valence-electron chi connectivity index (χ3n) is 3.83. The number of carbonyl (C=O) groups is 2. The molecular formula is C22H18N4O4. The van der Waals surface area contributed by atoms with Crippen molar-refractivity contribution < 1.29 is 19.8 Å². The van der Waals surface area contributed by atoms with Crippen molar-refractivity contribution >= 4 is 24.0 Å². The first-order chi connectivity index (χ1) is 14.4. The van der Waals surface area contributed by atoms with Crippen LogP contribution in [0.25, 0.3) is 12.2 Å². The van der Waals surface area contributed by atoms with Gasteiger partial charge in [-0.15, -0.1) is 0 Å². The number of carbonyl (C=O) groups excluding carboxylic acids is 2. The third kappa shape index (κ3) is 6.55. The van der Waals surface area contributed by atoms with E-state index in [-0.39, 0.29) is 35.7 Å². The second kappa shape index (κ2) is 10.7. The molecule has 0 aliphatic rings. The van der Waals surface area contributed by atoms with Crippen LogP contribution in [0.4, 0.5) is 0 Å². The monoisotopic (exact) mass is 402 g/mol. The van der Waals surface area contributed by atoms with Crippen LogP contribution in [-0.4, -0.2) is 35.1 Å². The summed E-state index contributed by atoms with van der Waals surface area (Å²) in [7, 11) is 0. The topological polar surface area (TPSA) is 146 Å². The molecule has 2 amide bonds. The number of nitrogens with one attached hydrogen (secondary N) is 2. The number of nitrogens with zero attached hydrogens (tertiary/aromatic N) is 2. The first-order valence-corrected chi connectivity index (χ1v) is 8.81. The zero-order chi connectivity index (χ0) is 21.9. The number of nitriles is 2. The van der Waals surface area contributed by atoms with E-state index in [1.807, 2.05) is 0 Å². The predicted octanol–water partition coefficient (Wildman–Crippen LogP) is 1.84. The van der Waals surface area contributed by atoms with Gasteiger partial charge in [0.25, 0.3) is 11.8 Å². The van der Waals surface area contributed by atoms with E-state index in [1.165, 1.54) is 36.4 Å². The summed E-state index contributed by atoms with van der Waals surface area (Å²) in [5.74, 6) is -1.08. The normalized spacial score (nSPS) is 11.1. The second-order valence-corrected chi connectivity index (χ2v) is 6.03. The van der Waals surface area contributed by atoms with Crippen molar-refractivity contribution in [3.63, 3.8) is 0 Å². The van der Waals surface area contributed by atoms with Gasteiger partial charge >= 0.3 is 0 Å². The Morgan fingerprint density at radius 3 is 1.37 bits per heavy atom. The lowest BCUT2D eigenvalue weighted by Crippen LogP contribution is -2.35. The van der Waals surface area contributed by atoms with E-state index in [4.69, 9.17) is 10.5 Å².